The number of allylic oxidation sites excluding steroid dienone is 1. The monoisotopic (exact) mass is 401 g/mol. The average molecular weight is 401 g/mol. The molecule has 0 fully saturated rings. The van der Waals surface area contributed by atoms with E-state index in [0.29, 0.717) is 29.8 Å². The molecule has 1 unspecified atom stereocenters. The number of aromatic amines is 1. The number of aromatic nitrogens is 4. The highest BCUT2D eigenvalue weighted by atomic mass is 19.1. The number of hydrogen-bond donors (Lipinski definition) is 3. The van der Waals surface area contributed by atoms with Gasteiger partial charge < -0.3 is 10.8 Å². The van der Waals surface area contributed by atoms with Crippen molar-refractivity contribution in [1.82, 2.24) is 20.6 Å². The van der Waals surface area contributed by atoms with Crippen LogP contribution in [0.15, 0.2) is 24.3 Å². The fraction of sp³-hybridized carbons (Fsp3) is 0.524. The Morgan fingerprint density at radius 2 is 2.21 bits per heavy atom. The molecule has 3 atom stereocenters. The van der Waals surface area contributed by atoms with E-state index in [0.717, 1.165) is 24.8 Å². The Hall–Kier alpha value is -2.61. The van der Waals surface area contributed by atoms with Crippen LogP contribution in [0.1, 0.15) is 62.4 Å². The first kappa shape index (κ1) is 21.1. The molecule has 156 valence electrons. The SMILES string of the molecule is CC(C)C[C@H](C(=O)O)[C@H](Cc1ccc(C2=CCC(N)CC2)c(F)c1)c1nn[nH]n1. The van der Waals surface area contributed by atoms with Gasteiger partial charge in [-0.25, -0.2) is 4.39 Å². The van der Waals surface area contributed by atoms with Crippen molar-refractivity contribution in [3.8, 4) is 0 Å². The van der Waals surface area contributed by atoms with E-state index < -0.39 is 17.8 Å². The number of nitrogens with one attached hydrogen (secondary N) is 1. The zero-order chi connectivity index (χ0) is 21.0. The Bertz CT molecular complexity index is 866. The second-order valence-electron chi connectivity index (χ2n) is 8.23. The maximum absolute atomic E-state index is 14.9. The van der Waals surface area contributed by atoms with Gasteiger partial charge in [-0.15, -0.1) is 10.2 Å². The Labute approximate surface area is 169 Å². The molecule has 29 heavy (non-hydrogen) atoms. The van der Waals surface area contributed by atoms with Gasteiger partial charge in [-0.1, -0.05) is 37.3 Å². The van der Waals surface area contributed by atoms with Gasteiger partial charge in [0.05, 0.1) is 5.92 Å². The van der Waals surface area contributed by atoms with Crippen molar-refractivity contribution >= 4 is 11.5 Å². The molecule has 7 nitrogen and oxygen atoms in total. The Morgan fingerprint density at radius 3 is 2.76 bits per heavy atom. The quantitative estimate of drug-likeness (QED) is 0.625. The maximum atomic E-state index is 14.9. The molecule has 0 amide bonds. The van der Waals surface area contributed by atoms with E-state index in [-0.39, 0.29) is 17.8 Å². The Morgan fingerprint density at radius 1 is 1.41 bits per heavy atom. The smallest absolute Gasteiger partial charge is 0.307 e. The number of aliphatic carboxylic acids is 1. The lowest BCUT2D eigenvalue weighted by Gasteiger charge is -2.23. The summed E-state index contributed by atoms with van der Waals surface area (Å²) < 4.78 is 14.9. The first-order valence-corrected chi connectivity index (χ1v) is 10.0. The van der Waals surface area contributed by atoms with Crippen molar-refractivity contribution in [2.45, 2.75) is 57.9 Å². The molecule has 1 aromatic heterocycles. The highest BCUT2D eigenvalue weighted by molar-refractivity contribution is 5.71. The summed E-state index contributed by atoms with van der Waals surface area (Å²) in [7, 11) is 0. The van der Waals surface area contributed by atoms with Gasteiger partial charge in [0.2, 0.25) is 0 Å². The highest BCUT2D eigenvalue weighted by Crippen LogP contribution is 2.33. The van der Waals surface area contributed by atoms with Crippen LogP contribution >= 0.6 is 0 Å². The summed E-state index contributed by atoms with van der Waals surface area (Å²) in [5.74, 6) is -1.86. The highest BCUT2D eigenvalue weighted by Gasteiger charge is 2.33. The predicted molar refractivity (Wildman–Crippen MR) is 107 cm³/mol. The van der Waals surface area contributed by atoms with Gasteiger partial charge in [0.1, 0.15) is 5.82 Å². The summed E-state index contributed by atoms with van der Waals surface area (Å²) in [5.41, 5.74) is 8.20. The van der Waals surface area contributed by atoms with Crippen LogP contribution in [0.3, 0.4) is 0 Å². The number of nitrogens with two attached hydrogens (primary N) is 1. The minimum absolute atomic E-state index is 0.144. The number of benzene rings is 1. The van der Waals surface area contributed by atoms with Crippen LogP contribution in [0.25, 0.3) is 5.57 Å². The number of rotatable bonds is 8. The number of halogens is 1. The number of H-pyrrole nitrogens is 1. The molecule has 4 N–H and O–H groups in total. The number of carboxylic acid groups (broad SMARTS) is 1. The summed E-state index contributed by atoms with van der Waals surface area (Å²) in [6.07, 6.45) is 5.18. The number of hydrogen-bond acceptors (Lipinski definition) is 5. The summed E-state index contributed by atoms with van der Waals surface area (Å²) in [6, 6.07) is 5.27. The third-order valence-corrected chi connectivity index (χ3v) is 5.51. The number of nitrogens with zero attached hydrogens (tertiary/aromatic N) is 3. The molecule has 2 aromatic rings. The zero-order valence-electron chi connectivity index (χ0n) is 16.8. The van der Waals surface area contributed by atoms with Gasteiger partial charge in [-0.05, 0) is 55.2 Å². The van der Waals surface area contributed by atoms with E-state index >= 15 is 0 Å². The Balaban J connectivity index is 1.86. The van der Waals surface area contributed by atoms with Gasteiger partial charge >= 0.3 is 5.97 Å². The van der Waals surface area contributed by atoms with Crippen molar-refractivity contribution in [3.05, 3.63) is 47.0 Å². The summed E-state index contributed by atoms with van der Waals surface area (Å²) >= 11 is 0. The standard InChI is InChI=1S/C21H28FN5O2/c1-12(2)9-18(21(28)29)17(20-24-26-27-25-20)10-13-3-8-16(19(22)11-13)14-4-6-15(23)7-5-14/h3-4,8,11-12,15,17-18H,5-7,9-10,23H2,1-2H3,(H,28,29)(H,24,25,26,27)/t15?,17-,18-/m0/s1. The van der Waals surface area contributed by atoms with Gasteiger partial charge in [-0.2, -0.15) is 5.21 Å². The van der Waals surface area contributed by atoms with E-state index in [4.69, 9.17) is 5.73 Å². The molecule has 0 aliphatic heterocycles. The second kappa shape index (κ2) is 9.26. The lowest BCUT2D eigenvalue weighted by atomic mass is 9.81. The summed E-state index contributed by atoms with van der Waals surface area (Å²) in [6.45, 7) is 3.95. The molecule has 0 saturated carbocycles. The van der Waals surface area contributed by atoms with Gasteiger partial charge in [0.25, 0.3) is 0 Å². The number of carbonyl (C=O) groups is 1. The molecule has 1 aromatic carbocycles. The first-order chi connectivity index (χ1) is 13.8. The minimum Gasteiger partial charge on any atom is -0.481 e. The normalized spacial score (nSPS) is 19.1. The minimum atomic E-state index is -0.908. The van der Waals surface area contributed by atoms with Crippen LogP contribution in [-0.2, 0) is 11.2 Å². The van der Waals surface area contributed by atoms with Crippen LogP contribution < -0.4 is 5.73 Å². The van der Waals surface area contributed by atoms with Crippen LogP contribution in [-0.4, -0.2) is 37.7 Å². The molecule has 1 aliphatic carbocycles. The largest absolute Gasteiger partial charge is 0.481 e. The predicted octanol–water partition coefficient (Wildman–Crippen LogP) is 3.31. The Kier molecular flexibility index (Phi) is 6.74. The molecular weight excluding hydrogens is 373 g/mol. The van der Waals surface area contributed by atoms with E-state index in [1.165, 1.54) is 6.07 Å². The van der Waals surface area contributed by atoms with Crippen molar-refractivity contribution in [3.63, 3.8) is 0 Å². The average Bonchev–Trinajstić information content (AvgIpc) is 3.20. The molecule has 0 radical (unpaired) electrons. The number of tetrazole rings is 1. The van der Waals surface area contributed by atoms with Gasteiger partial charge in [-0.3, -0.25) is 4.79 Å². The third kappa shape index (κ3) is 5.26. The van der Waals surface area contributed by atoms with Crippen LogP contribution in [0, 0.1) is 17.7 Å². The maximum Gasteiger partial charge on any atom is 0.307 e. The molecule has 0 saturated heterocycles. The van der Waals surface area contributed by atoms with Gasteiger partial charge in [0, 0.05) is 17.5 Å². The van der Waals surface area contributed by atoms with Gasteiger partial charge in [0.15, 0.2) is 5.82 Å². The number of carboxylic acids is 1. The van der Waals surface area contributed by atoms with Crippen molar-refractivity contribution in [1.29, 1.82) is 0 Å². The van der Waals surface area contributed by atoms with Crippen LogP contribution in [0.4, 0.5) is 4.39 Å². The fourth-order valence-corrected chi connectivity index (χ4v) is 3.98. The summed E-state index contributed by atoms with van der Waals surface area (Å²) in [5, 5.41) is 23.8. The molecular formula is C21H28FN5O2. The first-order valence-electron chi connectivity index (χ1n) is 10.0. The lowest BCUT2D eigenvalue weighted by molar-refractivity contribution is -0.143. The third-order valence-electron chi connectivity index (χ3n) is 5.51. The molecule has 0 spiro atoms. The van der Waals surface area contributed by atoms with E-state index in [2.05, 4.69) is 20.6 Å². The lowest BCUT2D eigenvalue weighted by Crippen LogP contribution is -2.26. The van der Waals surface area contributed by atoms with E-state index in [9.17, 15) is 14.3 Å². The molecule has 8 heteroatoms. The topological polar surface area (TPSA) is 118 Å². The van der Waals surface area contributed by atoms with Crippen molar-refractivity contribution in [2.24, 2.45) is 17.6 Å². The van der Waals surface area contributed by atoms with E-state index in [1.807, 2.05) is 26.0 Å². The van der Waals surface area contributed by atoms with Crippen molar-refractivity contribution in [2.75, 3.05) is 0 Å². The molecule has 1 aliphatic rings. The van der Waals surface area contributed by atoms with Crippen molar-refractivity contribution < 1.29 is 14.3 Å². The molecule has 0 bridgehead atoms. The second-order valence-corrected chi connectivity index (χ2v) is 8.23. The molecule has 3 rings (SSSR count). The fourth-order valence-electron chi connectivity index (χ4n) is 3.98. The summed E-state index contributed by atoms with van der Waals surface area (Å²) in [4.78, 5) is 11.9. The molecule has 1 heterocycles. The van der Waals surface area contributed by atoms with E-state index in [1.54, 1.807) is 6.07 Å². The van der Waals surface area contributed by atoms with Crippen LogP contribution in [0.2, 0.25) is 0 Å². The zero-order valence-corrected chi connectivity index (χ0v) is 16.8. The van der Waals surface area contributed by atoms with Crippen LogP contribution in [0.5, 0.6) is 0 Å².